The van der Waals surface area contributed by atoms with Crippen LogP contribution < -0.4 is 11.1 Å². The van der Waals surface area contributed by atoms with Gasteiger partial charge in [0.05, 0.1) is 11.2 Å². The van der Waals surface area contributed by atoms with E-state index in [0.29, 0.717) is 26.2 Å². The monoisotopic (exact) mass is 730 g/mol. The minimum atomic E-state index is -0.488. The number of nitrogens with zero attached hydrogens (tertiary/aromatic N) is 2. The van der Waals surface area contributed by atoms with E-state index in [4.69, 9.17) is 18.8 Å². The minimum Gasteiger partial charge on any atom is -0.444 e. The number of ether oxygens (including phenoxy) is 2. The molecular weight excluding hydrogens is 683 g/mol. The maximum atomic E-state index is 12.1. The predicted octanol–water partition coefficient (Wildman–Crippen LogP) is 5.94. The molecule has 0 radical (unpaired) electrons. The zero-order chi connectivity index (χ0) is 36.1. The molecule has 1 fully saturated rings. The van der Waals surface area contributed by atoms with E-state index in [1.54, 1.807) is 34.3 Å². The van der Waals surface area contributed by atoms with Crippen molar-refractivity contribution < 1.29 is 28.4 Å². The molecule has 0 aliphatic carbocycles. The Bertz CT molecular complexity index is 1580. The van der Waals surface area contributed by atoms with Crippen molar-refractivity contribution in [3.8, 4) is 0 Å². The number of aromatic amines is 2. The number of hydrogen-bond donors (Lipinski definition) is 2. The number of rotatable bonds is 2. The Hall–Kier alpha value is -3.62. The summed E-state index contributed by atoms with van der Waals surface area (Å²) < 4.78 is 23.6. The zero-order valence-corrected chi connectivity index (χ0v) is 31.1. The van der Waals surface area contributed by atoms with E-state index in [1.807, 2.05) is 81.4 Å². The van der Waals surface area contributed by atoms with Crippen LogP contribution >= 0.6 is 15.9 Å². The summed E-state index contributed by atoms with van der Waals surface area (Å²) in [6, 6.07) is 6.39. The number of halogens is 1. The Morgan fingerprint density at radius 2 is 1.25 bits per heavy atom. The summed E-state index contributed by atoms with van der Waals surface area (Å²) in [5, 5.41) is 0. The van der Waals surface area contributed by atoms with E-state index >= 15 is 0 Å². The molecule has 0 atom stereocenters. The first kappa shape index (κ1) is 38.8. The molecule has 12 nitrogen and oxygen atoms in total. The fraction of sp³-hybridized carbons (Fsp3) is 0.529. The van der Waals surface area contributed by atoms with Gasteiger partial charge in [-0.25, -0.2) is 9.59 Å². The molecule has 0 unspecified atom stereocenters. The summed E-state index contributed by atoms with van der Waals surface area (Å²) in [7, 11) is -0.387. The summed E-state index contributed by atoms with van der Waals surface area (Å²) in [5.41, 5.74) is 1.02. The van der Waals surface area contributed by atoms with Gasteiger partial charge >= 0.3 is 19.3 Å². The molecule has 5 heterocycles. The lowest BCUT2D eigenvalue weighted by Gasteiger charge is -2.32. The third kappa shape index (κ3) is 11.5. The Morgan fingerprint density at radius 1 is 0.771 bits per heavy atom. The average molecular weight is 731 g/mol. The van der Waals surface area contributed by atoms with Crippen molar-refractivity contribution in [2.75, 3.05) is 26.2 Å². The van der Waals surface area contributed by atoms with Gasteiger partial charge in [0, 0.05) is 55.2 Å². The van der Waals surface area contributed by atoms with Crippen molar-refractivity contribution in [3.05, 3.63) is 85.0 Å². The molecule has 14 heteroatoms. The molecule has 1 saturated heterocycles. The van der Waals surface area contributed by atoms with Gasteiger partial charge in [0.15, 0.2) is 0 Å². The Labute approximate surface area is 291 Å². The van der Waals surface area contributed by atoms with Crippen LogP contribution in [0.15, 0.2) is 68.3 Å². The highest BCUT2D eigenvalue weighted by Gasteiger charge is 2.53. The number of pyridine rings is 2. The third-order valence-corrected chi connectivity index (χ3v) is 8.12. The van der Waals surface area contributed by atoms with E-state index in [0.717, 1.165) is 21.1 Å². The predicted molar refractivity (Wildman–Crippen MR) is 190 cm³/mol. The van der Waals surface area contributed by atoms with Gasteiger partial charge in [0.25, 0.3) is 0 Å². The van der Waals surface area contributed by atoms with Crippen LogP contribution in [-0.2, 0) is 18.8 Å². The van der Waals surface area contributed by atoms with Crippen molar-refractivity contribution in [2.45, 2.75) is 91.6 Å². The molecule has 3 aliphatic rings. The van der Waals surface area contributed by atoms with Gasteiger partial charge in [0.2, 0.25) is 11.1 Å². The number of H-pyrrole nitrogens is 2. The topological polar surface area (TPSA) is 143 Å². The molecule has 5 rings (SSSR count). The van der Waals surface area contributed by atoms with Gasteiger partial charge in [-0.1, -0.05) is 12.2 Å². The first-order valence-electron chi connectivity index (χ1n) is 15.8. The van der Waals surface area contributed by atoms with Gasteiger partial charge in [-0.05, 0) is 114 Å². The fourth-order valence-electron chi connectivity index (χ4n) is 4.44. The molecule has 2 N–H and O–H groups in total. The molecule has 3 aliphatic heterocycles. The zero-order valence-electron chi connectivity index (χ0n) is 29.6. The number of carbonyl (C=O) groups is 2. The summed E-state index contributed by atoms with van der Waals surface area (Å²) in [6.07, 6.45) is 6.60. The van der Waals surface area contributed by atoms with E-state index < -0.39 is 11.2 Å². The second-order valence-corrected chi connectivity index (χ2v) is 15.5. The summed E-state index contributed by atoms with van der Waals surface area (Å²) in [5.74, 6) is 0. The smallest absolute Gasteiger partial charge is 0.444 e. The molecule has 48 heavy (non-hydrogen) atoms. The first-order valence-corrected chi connectivity index (χ1v) is 16.6. The highest BCUT2D eigenvalue weighted by Crippen LogP contribution is 2.39. The van der Waals surface area contributed by atoms with Crippen LogP contribution in [0.2, 0.25) is 0 Å². The van der Waals surface area contributed by atoms with Gasteiger partial charge in [-0.2, -0.15) is 0 Å². The second kappa shape index (κ2) is 15.3. The summed E-state index contributed by atoms with van der Waals surface area (Å²) >= 11 is 3.18. The van der Waals surface area contributed by atoms with Crippen LogP contribution in [-0.4, -0.2) is 87.7 Å². The SMILES string of the molecule is CC(C)(C)OC(=O)N1CC=C(B2OC(C)(C)C(C)(C)O2)C1.CC(C)(C)OC(=O)N1CC=C(c2ccc(=O)[nH]c2)C1.O=c1ccc(Br)c[nH]1. The maximum Gasteiger partial charge on any atom is 0.492 e. The molecule has 0 aromatic carbocycles. The van der Waals surface area contributed by atoms with Crippen LogP contribution in [0, 0.1) is 0 Å². The van der Waals surface area contributed by atoms with Crippen molar-refractivity contribution in [1.29, 1.82) is 0 Å². The highest BCUT2D eigenvalue weighted by atomic mass is 79.9. The normalized spacial score (nSPS) is 18.2. The van der Waals surface area contributed by atoms with Crippen LogP contribution in [0.3, 0.4) is 0 Å². The molecule has 0 bridgehead atoms. The van der Waals surface area contributed by atoms with E-state index in [-0.39, 0.29) is 41.6 Å². The lowest BCUT2D eigenvalue weighted by molar-refractivity contribution is 0.00578. The number of nitrogens with one attached hydrogen (secondary N) is 2. The molecule has 2 aromatic heterocycles. The number of aromatic nitrogens is 2. The standard InChI is InChI=1S/C15H26BNO4.C14H18N2O3.C5H4BrNO/c1-13(2,3)19-12(18)17-9-8-11(10-17)16-20-14(4,5)15(6,7)21-16;1-14(2,3)19-13(18)16-7-6-11(9-16)10-4-5-12(17)15-8-10;6-4-1-2-5(8)7-3-4/h8H,9-10H2,1-7H3;4-6,8H,7,9H2,1-3H3,(H,15,17);1-3H,(H,7,8). The fourth-order valence-corrected chi connectivity index (χ4v) is 4.69. The van der Waals surface area contributed by atoms with Crippen LogP contribution in [0.4, 0.5) is 9.59 Å². The molecule has 262 valence electrons. The van der Waals surface area contributed by atoms with E-state index in [9.17, 15) is 19.2 Å². The van der Waals surface area contributed by atoms with Crippen LogP contribution in [0.25, 0.3) is 5.57 Å². The lowest BCUT2D eigenvalue weighted by Crippen LogP contribution is -2.41. The Balaban J connectivity index is 0.000000213. The maximum absolute atomic E-state index is 12.1. The average Bonchev–Trinajstić information content (AvgIpc) is 3.68. The quantitative estimate of drug-likeness (QED) is 0.362. The van der Waals surface area contributed by atoms with Crippen molar-refractivity contribution in [1.82, 2.24) is 19.8 Å². The second-order valence-electron chi connectivity index (χ2n) is 14.6. The largest absolute Gasteiger partial charge is 0.492 e. The summed E-state index contributed by atoms with van der Waals surface area (Å²) in [6.45, 7) is 21.3. The minimum absolute atomic E-state index is 0.0757. The molecule has 2 aromatic rings. The highest BCUT2D eigenvalue weighted by molar-refractivity contribution is 9.10. The van der Waals surface area contributed by atoms with Crippen LogP contribution in [0.1, 0.15) is 74.8 Å². The van der Waals surface area contributed by atoms with Gasteiger partial charge in [0.1, 0.15) is 11.2 Å². The summed E-state index contributed by atoms with van der Waals surface area (Å²) in [4.78, 5) is 53.7. The van der Waals surface area contributed by atoms with E-state index in [2.05, 4.69) is 25.9 Å². The third-order valence-electron chi connectivity index (χ3n) is 7.63. The van der Waals surface area contributed by atoms with E-state index in [1.165, 1.54) is 12.1 Å². The van der Waals surface area contributed by atoms with Gasteiger partial charge < -0.3 is 38.6 Å². The number of amides is 2. The van der Waals surface area contributed by atoms with Crippen LogP contribution in [0.5, 0.6) is 0 Å². The lowest BCUT2D eigenvalue weighted by atomic mass is 9.79. The van der Waals surface area contributed by atoms with Crippen molar-refractivity contribution >= 4 is 40.8 Å². The number of carbonyl (C=O) groups excluding carboxylic acids is 2. The Morgan fingerprint density at radius 3 is 1.69 bits per heavy atom. The van der Waals surface area contributed by atoms with Gasteiger partial charge in [-0.3, -0.25) is 9.59 Å². The Kier molecular flexibility index (Phi) is 12.4. The molecule has 0 saturated carbocycles. The van der Waals surface area contributed by atoms with Crippen molar-refractivity contribution in [2.24, 2.45) is 0 Å². The molecule has 2 amide bonds. The van der Waals surface area contributed by atoms with Gasteiger partial charge in [-0.15, -0.1) is 0 Å². The van der Waals surface area contributed by atoms with Crippen molar-refractivity contribution in [3.63, 3.8) is 0 Å². The molecular formula is C34H48BBrN4O8. The first-order chi connectivity index (χ1) is 22.0. The molecule has 0 spiro atoms. The number of hydrogen-bond acceptors (Lipinski definition) is 8.